The highest BCUT2D eigenvalue weighted by Gasteiger charge is 2.05. The normalized spacial score (nSPS) is 12.9. The summed E-state index contributed by atoms with van der Waals surface area (Å²) in [7, 11) is 3.62. The second-order valence-electron chi connectivity index (χ2n) is 3.30. The van der Waals surface area contributed by atoms with Crippen LogP contribution in [0, 0.1) is 6.92 Å². The first-order chi connectivity index (χ1) is 6.13. The van der Waals surface area contributed by atoms with Gasteiger partial charge in [-0.1, -0.05) is 0 Å². The molecule has 0 radical (unpaired) electrons. The van der Waals surface area contributed by atoms with E-state index in [2.05, 4.69) is 17.3 Å². The smallest absolute Gasteiger partial charge is 0.0825 e. The van der Waals surface area contributed by atoms with E-state index in [4.69, 9.17) is 4.74 Å². The van der Waals surface area contributed by atoms with Crippen molar-refractivity contribution in [3.05, 3.63) is 11.9 Å². The Morgan fingerprint density at radius 2 is 2.38 bits per heavy atom. The molecular formula is C9H17N3O. The van der Waals surface area contributed by atoms with Crippen LogP contribution in [-0.4, -0.2) is 29.5 Å². The van der Waals surface area contributed by atoms with Crippen molar-refractivity contribution in [2.24, 2.45) is 7.05 Å². The standard InChI is InChI=1S/C9H17N3O/c1-7(6-13-4)10-9-5-12(3)11-8(9)2/h5,7,10H,6H2,1-4H3. The van der Waals surface area contributed by atoms with Gasteiger partial charge in [0.15, 0.2) is 0 Å². The Hall–Kier alpha value is -1.03. The molecule has 0 saturated heterocycles. The van der Waals surface area contributed by atoms with Crippen LogP contribution in [0.4, 0.5) is 5.69 Å². The van der Waals surface area contributed by atoms with E-state index in [1.165, 1.54) is 0 Å². The molecular weight excluding hydrogens is 166 g/mol. The van der Waals surface area contributed by atoms with Crippen molar-refractivity contribution >= 4 is 5.69 Å². The van der Waals surface area contributed by atoms with Crippen LogP contribution in [0.3, 0.4) is 0 Å². The van der Waals surface area contributed by atoms with Crippen LogP contribution in [0.2, 0.25) is 0 Å². The number of hydrogen-bond acceptors (Lipinski definition) is 3. The highest BCUT2D eigenvalue weighted by atomic mass is 16.5. The minimum Gasteiger partial charge on any atom is -0.383 e. The highest BCUT2D eigenvalue weighted by molar-refractivity contribution is 5.46. The molecule has 1 rings (SSSR count). The number of methoxy groups -OCH3 is 1. The van der Waals surface area contributed by atoms with Crippen molar-refractivity contribution in [2.45, 2.75) is 19.9 Å². The van der Waals surface area contributed by atoms with Crippen molar-refractivity contribution in [1.82, 2.24) is 9.78 Å². The lowest BCUT2D eigenvalue weighted by atomic mass is 10.3. The lowest BCUT2D eigenvalue weighted by molar-refractivity contribution is 0.190. The fourth-order valence-electron chi connectivity index (χ4n) is 1.30. The van der Waals surface area contributed by atoms with E-state index < -0.39 is 0 Å². The summed E-state index contributed by atoms with van der Waals surface area (Å²) < 4.78 is 6.84. The number of anilines is 1. The average Bonchev–Trinajstić information content (AvgIpc) is 2.30. The van der Waals surface area contributed by atoms with E-state index in [9.17, 15) is 0 Å². The van der Waals surface area contributed by atoms with Gasteiger partial charge in [0.25, 0.3) is 0 Å². The minimum atomic E-state index is 0.313. The Balaban J connectivity index is 2.57. The van der Waals surface area contributed by atoms with Gasteiger partial charge >= 0.3 is 0 Å². The third-order valence-electron chi connectivity index (χ3n) is 1.83. The maximum absolute atomic E-state index is 5.03. The van der Waals surface area contributed by atoms with E-state index in [-0.39, 0.29) is 0 Å². The first-order valence-corrected chi connectivity index (χ1v) is 4.39. The van der Waals surface area contributed by atoms with Gasteiger partial charge in [0.05, 0.1) is 18.0 Å². The molecule has 1 atom stereocenters. The molecule has 0 aromatic carbocycles. The van der Waals surface area contributed by atoms with Gasteiger partial charge < -0.3 is 10.1 Å². The Morgan fingerprint density at radius 1 is 1.69 bits per heavy atom. The second kappa shape index (κ2) is 4.28. The zero-order valence-corrected chi connectivity index (χ0v) is 8.66. The molecule has 1 N–H and O–H groups in total. The van der Waals surface area contributed by atoms with Gasteiger partial charge in [0.1, 0.15) is 0 Å². The predicted octanol–water partition coefficient (Wildman–Crippen LogP) is 1.18. The van der Waals surface area contributed by atoms with Crippen molar-refractivity contribution < 1.29 is 4.74 Å². The fourth-order valence-corrected chi connectivity index (χ4v) is 1.30. The molecule has 1 aromatic rings. The summed E-state index contributed by atoms with van der Waals surface area (Å²) in [6.07, 6.45) is 1.97. The summed E-state index contributed by atoms with van der Waals surface area (Å²) in [4.78, 5) is 0. The number of rotatable bonds is 4. The first kappa shape index (κ1) is 10.1. The average molecular weight is 183 g/mol. The lowest BCUT2D eigenvalue weighted by Crippen LogP contribution is -2.20. The molecule has 1 unspecified atom stereocenters. The van der Waals surface area contributed by atoms with Crippen LogP contribution in [0.25, 0.3) is 0 Å². The quantitative estimate of drug-likeness (QED) is 0.761. The molecule has 4 heteroatoms. The van der Waals surface area contributed by atoms with Crippen LogP contribution in [-0.2, 0) is 11.8 Å². The van der Waals surface area contributed by atoms with Gasteiger partial charge in [0.2, 0.25) is 0 Å². The van der Waals surface area contributed by atoms with Gasteiger partial charge in [-0.05, 0) is 13.8 Å². The Morgan fingerprint density at radius 3 is 2.85 bits per heavy atom. The van der Waals surface area contributed by atoms with Gasteiger partial charge in [-0.3, -0.25) is 4.68 Å². The Labute approximate surface area is 78.9 Å². The maximum Gasteiger partial charge on any atom is 0.0825 e. The molecule has 0 amide bonds. The van der Waals surface area contributed by atoms with E-state index in [0.29, 0.717) is 12.6 Å². The van der Waals surface area contributed by atoms with Crippen molar-refractivity contribution in [1.29, 1.82) is 0 Å². The summed E-state index contributed by atoms with van der Waals surface area (Å²) in [6.45, 7) is 4.77. The Kier molecular flexibility index (Phi) is 3.31. The largest absolute Gasteiger partial charge is 0.383 e. The number of nitrogens with zero attached hydrogens (tertiary/aromatic N) is 2. The topological polar surface area (TPSA) is 39.1 Å². The summed E-state index contributed by atoms with van der Waals surface area (Å²) in [6, 6.07) is 0.313. The molecule has 0 bridgehead atoms. The summed E-state index contributed by atoms with van der Waals surface area (Å²) in [5, 5.41) is 7.56. The highest BCUT2D eigenvalue weighted by Crippen LogP contribution is 2.12. The molecule has 0 fully saturated rings. The molecule has 0 aliphatic carbocycles. The zero-order chi connectivity index (χ0) is 9.84. The van der Waals surface area contributed by atoms with Gasteiger partial charge in [-0.2, -0.15) is 5.10 Å². The fraction of sp³-hybridized carbons (Fsp3) is 0.667. The third-order valence-corrected chi connectivity index (χ3v) is 1.83. The summed E-state index contributed by atoms with van der Waals surface area (Å²) >= 11 is 0. The zero-order valence-electron chi connectivity index (χ0n) is 8.66. The minimum absolute atomic E-state index is 0.313. The van der Waals surface area contributed by atoms with Crippen LogP contribution in [0.1, 0.15) is 12.6 Å². The van der Waals surface area contributed by atoms with Crippen molar-refractivity contribution in [3.8, 4) is 0 Å². The number of ether oxygens (including phenoxy) is 1. The van der Waals surface area contributed by atoms with Gasteiger partial charge in [-0.25, -0.2) is 0 Å². The van der Waals surface area contributed by atoms with Crippen LogP contribution in [0.15, 0.2) is 6.20 Å². The molecule has 1 aromatic heterocycles. The third kappa shape index (κ3) is 2.73. The lowest BCUT2D eigenvalue weighted by Gasteiger charge is -2.12. The molecule has 4 nitrogen and oxygen atoms in total. The first-order valence-electron chi connectivity index (χ1n) is 4.39. The van der Waals surface area contributed by atoms with Crippen molar-refractivity contribution in [2.75, 3.05) is 19.0 Å². The monoisotopic (exact) mass is 183 g/mol. The van der Waals surface area contributed by atoms with E-state index in [0.717, 1.165) is 11.4 Å². The molecule has 0 aliphatic heterocycles. The molecule has 74 valence electrons. The number of nitrogens with one attached hydrogen (secondary N) is 1. The predicted molar refractivity (Wildman–Crippen MR) is 52.9 cm³/mol. The second-order valence-corrected chi connectivity index (χ2v) is 3.30. The SMILES string of the molecule is COCC(C)Nc1cn(C)nc1C. The molecule has 0 aliphatic rings. The van der Waals surface area contributed by atoms with Gasteiger partial charge in [0, 0.05) is 26.4 Å². The Bertz CT molecular complexity index is 270. The van der Waals surface area contributed by atoms with Crippen molar-refractivity contribution in [3.63, 3.8) is 0 Å². The van der Waals surface area contributed by atoms with Crippen LogP contribution < -0.4 is 5.32 Å². The van der Waals surface area contributed by atoms with E-state index in [1.54, 1.807) is 11.8 Å². The number of hydrogen-bond donors (Lipinski definition) is 1. The summed E-state index contributed by atoms with van der Waals surface area (Å²) in [5.74, 6) is 0. The van der Waals surface area contributed by atoms with E-state index in [1.807, 2.05) is 20.2 Å². The summed E-state index contributed by atoms with van der Waals surface area (Å²) in [5.41, 5.74) is 2.09. The number of aromatic nitrogens is 2. The molecule has 0 saturated carbocycles. The maximum atomic E-state index is 5.03. The number of aryl methyl sites for hydroxylation is 2. The van der Waals surface area contributed by atoms with Gasteiger partial charge in [-0.15, -0.1) is 0 Å². The molecule has 1 heterocycles. The molecule has 13 heavy (non-hydrogen) atoms. The molecule has 0 spiro atoms. The van der Waals surface area contributed by atoms with E-state index >= 15 is 0 Å². The van der Waals surface area contributed by atoms with Crippen LogP contribution >= 0.6 is 0 Å². The van der Waals surface area contributed by atoms with Crippen LogP contribution in [0.5, 0.6) is 0 Å².